The fourth-order valence-corrected chi connectivity index (χ4v) is 3.14. The Morgan fingerprint density at radius 2 is 1.77 bits per heavy atom. The maximum absolute atomic E-state index is 12.4. The van der Waals surface area contributed by atoms with Gasteiger partial charge in [0.2, 0.25) is 6.79 Å². The summed E-state index contributed by atoms with van der Waals surface area (Å²) in [7, 11) is 2.36. The SMILES string of the molecule is COC(=O)C(C(=O)OC)C(C=Cc1cccc([N+](=O)[O-])c1)c1ccc2c(c1)OCO2. The van der Waals surface area contributed by atoms with Crippen molar-refractivity contribution in [3.05, 3.63) is 69.8 Å². The van der Waals surface area contributed by atoms with Crippen molar-refractivity contribution in [3.63, 3.8) is 0 Å². The first-order valence-electron chi connectivity index (χ1n) is 8.92. The molecule has 1 unspecified atom stereocenters. The van der Waals surface area contributed by atoms with E-state index in [9.17, 15) is 19.7 Å². The second-order valence-electron chi connectivity index (χ2n) is 6.37. The average Bonchev–Trinajstić information content (AvgIpc) is 3.23. The number of rotatable bonds is 7. The van der Waals surface area contributed by atoms with Gasteiger partial charge < -0.3 is 18.9 Å². The number of methoxy groups -OCH3 is 2. The first-order valence-corrected chi connectivity index (χ1v) is 8.92. The Kier molecular flexibility index (Phi) is 6.31. The van der Waals surface area contributed by atoms with Gasteiger partial charge in [0.15, 0.2) is 17.4 Å². The summed E-state index contributed by atoms with van der Waals surface area (Å²) >= 11 is 0. The third-order valence-corrected chi connectivity index (χ3v) is 4.63. The fraction of sp³-hybridized carbons (Fsp3) is 0.238. The highest BCUT2D eigenvalue weighted by atomic mass is 16.7. The minimum absolute atomic E-state index is 0.0738. The van der Waals surface area contributed by atoms with Gasteiger partial charge in [-0.1, -0.05) is 30.4 Å². The molecule has 0 spiro atoms. The third-order valence-electron chi connectivity index (χ3n) is 4.63. The van der Waals surface area contributed by atoms with E-state index >= 15 is 0 Å². The van der Waals surface area contributed by atoms with Crippen LogP contribution in [0, 0.1) is 16.0 Å². The monoisotopic (exact) mass is 413 g/mol. The van der Waals surface area contributed by atoms with E-state index < -0.39 is 28.7 Å². The minimum atomic E-state index is -1.28. The van der Waals surface area contributed by atoms with Gasteiger partial charge in [0, 0.05) is 18.1 Å². The lowest BCUT2D eigenvalue weighted by molar-refractivity contribution is -0.384. The van der Waals surface area contributed by atoms with E-state index in [0.29, 0.717) is 22.6 Å². The predicted molar refractivity (Wildman–Crippen MR) is 105 cm³/mol. The van der Waals surface area contributed by atoms with Gasteiger partial charge in [0.05, 0.1) is 19.1 Å². The molecule has 0 radical (unpaired) electrons. The lowest BCUT2D eigenvalue weighted by Gasteiger charge is -2.21. The number of non-ortho nitro benzene ring substituents is 1. The normalized spacial score (nSPS) is 13.3. The van der Waals surface area contributed by atoms with Crippen LogP contribution in [0.1, 0.15) is 17.0 Å². The summed E-state index contributed by atoms with van der Waals surface area (Å²) in [5.74, 6) is -2.57. The van der Waals surface area contributed by atoms with Gasteiger partial charge in [-0.25, -0.2) is 0 Å². The molecule has 0 bridgehead atoms. The molecular weight excluding hydrogens is 394 g/mol. The number of nitro benzene ring substituents is 1. The summed E-state index contributed by atoms with van der Waals surface area (Å²) in [4.78, 5) is 35.3. The van der Waals surface area contributed by atoms with Crippen LogP contribution in [0.25, 0.3) is 6.08 Å². The lowest BCUT2D eigenvalue weighted by Crippen LogP contribution is -2.31. The highest BCUT2D eigenvalue weighted by Gasteiger charge is 2.37. The van der Waals surface area contributed by atoms with Crippen LogP contribution in [0.2, 0.25) is 0 Å². The number of carbonyl (C=O) groups excluding carboxylic acids is 2. The molecule has 0 N–H and O–H groups in total. The number of nitrogens with zero attached hydrogens (tertiary/aromatic N) is 1. The molecule has 30 heavy (non-hydrogen) atoms. The number of ether oxygens (including phenoxy) is 4. The Labute approximate surface area is 172 Å². The zero-order valence-electron chi connectivity index (χ0n) is 16.3. The molecule has 1 aliphatic rings. The molecule has 2 aromatic carbocycles. The number of hydrogen-bond acceptors (Lipinski definition) is 8. The number of carbonyl (C=O) groups is 2. The van der Waals surface area contributed by atoms with Crippen LogP contribution >= 0.6 is 0 Å². The van der Waals surface area contributed by atoms with E-state index in [1.165, 1.54) is 26.4 Å². The molecule has 0 saturated carbocycles. The van der Waals surface area contributed by atoms with E-state index in [2.05, 4.69) is 0 Å². The van der Waals surface area contributed by atoms with Gasteiger partial charge in [0.1, 0.15) is 0 Å². The van der Waals surface area contributed by atoms with Crippen molar-refractivity contribution in [2.24, 2.45) is 5.92 Å². The number of esters is 2. The van der Waals surface area contributed by atoms with Crippen molar-refractivity contribution in [1.82, 2.24) is 0 Å². The van der Waals surface area contributed by atoms with Gasteiger partial charge in [0.25, 0.3) is 5.69 Å². The van der Waals surface area contributed by atoms with E-state index in [4.69, 9.17) is 18.9 Å². The van der Waals surface area contributed by atoms with Crippen LogP contribution in [0.3, 0.4) is 0 Å². The van der Waals surface area contributed by atoms with Gasteiger partial charge >= 0.3 is 11.9 Å². The molecule has 9 nitrogen and oxygen atoms in total. The van der Waals surface area contributed by atoms with Gasteiger partial charge in [-0.05, 0) is 23.3 Å². The van der Waals surface area contributed by atoms with Crippen LogP contribution in [0.5, 0.6) is 11.5 Å². The molecule has 1 aliphatic heterocycles. The van der Waals surface area contributed by atoms with Crippen molar-refractivity contribution in [2.75, 3.05) is 21.0 Å². The first-order chi connectivity index (χ1) is 14.4. The molecule has 0 aliphatic carbocycles. The highest BCUT2D eigenvalue weighted by molar-refractivity contribution is 5.96. The number of fused-ring (bicyclic) bond motifs is 1. The number of benzene rings is 2. The van der Waals surface area contributed by atoms with Gasteiger partial charge in [-0.15, -0.1) is 0 Å². The summed E-state index contributed by atoms with van der Waals surface area (Å²) < 4.78 is 20.3. The van der Waals surface area contributed by atoms with Crippen molar-refractivity contribution >= 4 is 23.7 Å². The number of hydrogen-bond donors (Lipinski definition) is 0. The molecule has 0 amide bonds. The van der Waals surface area contributed by atoms with E-state index in [-0.39, 0.29) is 12.5 Å². The van der Waals surface area contributed by atoms with Gasteiger partial charge in [-0.3, -0.25) is 19.7 Å². The molecule has 2 aromatic rings. The number of allylic oxidation sites excluding steroid dienone is 1. The molecule has 9 heteroatoms. The van der Waals surface area contributed by atoms with Gasteiger partial charge in [-0.2, -0.15) is 0 Å². The molecule has 1 atom stereocenters. The molecule has 3 rings (SSSR count). The quantitative estimate of drug-likeness (QED) is 0.294. The maximum atomic E-state index is 12.4. The summed E-state index contributed by atoms with van der Waals surface area (Å²) in [6, 6.07) is 11.0. The summed E-state index contributed by atoms with van der Waals surface area (Å²) in [6.45, 7) is 0.0738. The Morgan fingerprint density at radius 1 is 1.07 bits per heavy atom. The molecule has 1 heterocycles. The smallest absolute Gasteiger partial charge is 0.321 e. The Morgan fingerprint density at radius 3 is 2.43 bits per heavy atom. The molecule has 0 saturated heterocycles. The van der Waals surface area contributed by atoms with Crippen LogP contribution < -0.4 is 9.47 Å². The largest absolute Gasteiger partial charge is 0.468 e. The molecule has 0 fully saturated rings. The van der Waals surface area contributed by atoms with Crippen LogP contribution in [-0.2, 0) is 19.1 Å². The fourth-order valence-electron chi connectivity index (χ4n) is 3.14. The first kappa shape index (κ1) is 20.8. The molecule has 0 aromatic heterocycles. The van der Waals surface area contributed by atoms with Crippen LogP contribution in [0.4, 0.5) is 5.69 Å². The van der Waals surface area contributed by atoms with E-state index in [0.717, 1.165) is 0 Å². The predicted octanol–water partition coefficient (Wildman–Crippen LogP) is 3.08. The zero-order valence-corrected chi connectivity index (χ0v) is 16.3. The maximum Gasteiger partial charge on any atom is 0.321 e. The Hall–Kier alpha value is -3.88. The Balaban J connectivity index is 2.04. The second kappa shape index (κ2) is 9.08. The average molecular weight is 413 g/mol. The highest BCUT2D eigenvalue weighted by Crippen LogP contribution is 2.38. The van der Waals surface area contributed by atoms with Crippen LogP contribution in [-0.4, -0.2) is 37.9 Å². The molecule has 156 valence electrons. The topological polar surface area (TPSA) is 114 Å². The third kappa shape index (κ3) is 4.40. The zero-order chi connectivity index (χ0) is 21.7. The van der Waals surface area contributed by atoms with Crippen molar-refractivity contribution in [1.29, 1.82) is 0 Å². The second-order valence-corrected chi connectivity index (χ2v) is 6.37. The summed E-state index contributed by atoms with van der Waals surface area (Å²) in [5.41, 5.74) is 1.04. The van der Waals surface area contributed by atoms with E-state index in [1.807, 2.05) is 0 Å². The van der Waals surface area contributed by atoms with Crippen molar-refractivity contribution < 1.29 is 33.5 Å². The standard InChI is InChI=1S/C21H19NO8/c1-27-20(23)19(21(24)28-2)16(14-7-9-17-18(11-14)30-12-29-17)8-6-13-4-3-5-15(10-13)22(25)26/h3-11,16,19H,12H2,1-2H3. The minimum Gasteiger partial charge on any atom is -0.468 e. The molecular formula is C21H19NO8. The van der Waals surface area contributed by atoms with Crippen molar-refractivity contribution in [2.45, 2.75) is 5.92 Å². The number of nitro groups is 1. The van der Waals surface area contributed by atoms with E-state index in [1.54, 1.807) is 42.5 Å². The van der Waals surface area contributed by atoms with Crippen LogP contribution in [0.15, 0.2) is 48.5 Å². The summed E-state index contributed by atoms with van der Waals surface area (Å²) in [5, 5.41) is 11.0. The lowest BCUT2D eigenvalue weighted by atomic mass is 9.85. The van der Waals surface area contributed by atoms with Crippen molar-refractivity contribution in [3.8, 4) is 11.5 Å². The summed E-state index contributed by atoms with van der Waals surface area (Å²) in [6.07, 6.45) is 3.20. The Bertz CT molecular complexity index is 984.